The second-order valence-electron chi connectivity index (χ2n) is 6.22. The Morgan fingerprint density at radius 1 is 1.13 bits per heavy atom. The maximum atomic E-state index is 12.8. The van der Waals surface area contributed by atoms with E-state index in [1.54, 1.807) is 20.3 Å². The molecule has 1 aromatic carbocycles. The van der Waals surface area contributed by atoms with Crippen LogP contribution >= 0.6 is 22.6 Å². The molecule has 1 aliphatic carbocycles. The lowest BCUT2D eigenvalue weighted by Crippen LogP contribution is -2.49. The zero-order valence-corrected chi connectivity index (χ0v) is 15.8. The molecule has 126 valence electrons. The number of piperazine rings is 1. The molecule has 1 aromatic rings. The van der Waals surface area contributed by atoms with Gasteiger partial charge in [0.05, 0.1) is 19.8 Å². The van der Waals surface area contributed by atoms with E-state index in [0.29, 0.717) is 17.1 Å². The molecule has 0 N–H and O–H groups in total. The molecule has 2 fully saturated rings. The molecule has 0 spiro atoms. The Labute approximate surface area is 151 Å². The van der Waals surface area contributed by atoms with Crippen molar-refractivity contribution in [3.8, 4) is 11.5 Å². The van der Waals surface area contributed by atoms with E-state index in [1.807, 2.05) is 11.0 Å². The number of hydrogen-bond donors (Lipinski definition) is 0. The number of amides is 1. The van der Waals surface area contributed by atoms with Gasteiger partial charge in [0.25, 0.3) is 5.91 Å². The molecule has 1 amide bonds. The minimum atomic E-state index is 0.0847. The van der Waals surface area contributed by atoms with E-state index in [1.165, 1.54) is 19.4 Å². The summed E-state index contributed by atoms with van der Waals surface area (Å²) < 4.78 is 11.5. The largest absolute Gasteiger partial charge is 0.493 e. The summed E-state index contributed by atoms with van der Waals surface area (Å²) in [5.41, 5.74) is 0.693. The van der Waals surface area contributed by atoms with Gasteiger partial charge in [-0.25, -0.2) is 0 Å². The first kappa shape index (κ1) is 16.8. The lowest BCUT2D eigenvalue weighted by Gasteiger charge is -2.35. The van der Waals surface area contributed by atoms with Crippen molar-refractivity contribution in [3.05, 3.63) is 21.3 Å². The molecule has 5 nitrogen and oxygen atoms in total. The van der Waals surface area contributed by atoms with Crippen molar-refractivity contribution < 1.29 is 14.3 Å². The van der Waals surface area contributed by atoms with Crippen molar-refractivity contribution in [2.45, 2.75) is 12.8 Å². The molecule has 23 heavy (non-hydrogen) atoms. The summed E-state index contributed by atoms with van der Waals surface area (Å²) in [6.45, 7) is 4.76. The predicted octanol–water partition coefficient (Wildman–Crippen LogP) is 2.48. The smallest absolute Gasteiger partial charge is 0.255 e. The molecule has 1 heterocycles. The molecular formula is C17H23IN2O3. The summed E-state index contributed by atoms with van der Waals surface area (Å²) in [6.07, 6.45) is 2.76. The van der Waals surface area contributed by atoms with Gasteiger partial charge in [-0.15, -0.1) is 0 Å². The van der Waals surface area contributed by atoms with Gasteiger partial charge in [0.1, 0.15) is 0 Å². The van der Waals surface area contributed by atoms with Crippen LogP contribution in [0.3, 0.4) is 0 Å². The summed E-state index contributed by atoms with van der Waals surface area (Å²) in [5.74, 6) is 2.25. The van der Waals surface area contributed by atoms with Crippen molar-refractivity contribution in [3.63, 3.8) is 0 Å². The molecule has 0 radical (unpaired) electrons. The molecule has 1 saturated heterocycles. The average molecular weight is 430 g/mol. The fourth-order valence-corrected chi connectivity index (χ4v) is 3.66. The molecule has 0 unspecified atom stereocenters. The number of ether oxygens (including phenoxy) is 2. The van der Waals surface area contributed by atoms with Crippen LogP contribution in [-0.4, -0.2) is 62.7 Å². The van der Waals surface area contributed by atoms with Crippen LogP contribution in [0.2, 0.25) is 0 Å². The van der Waals surface area contributed by atoms with E-state index in [9.17, 15) is 4.79 Å². The van der Waals surface area contributed by atoms with Gasteiger partial charge in [-0.05, 0) is 53.5 Å². The summed E-state index contributed by atoms with van der Waals surface area (Å²) in [4.78, 5) is 17.3. The number of rotatable bonds is 5. The van der Waals surface area contributed by atoms with Gasteiger partial charge in [-0.2, -0.15) is 0 Å². The average Bonchev–Trinajstić information content (AvgIpc) is 3.38. The van der Waals surface area contributed by atoms with Crippen LogP contribution in [0.25, 0.3) is 0 Å². The predicted molar refractivity (Wildman–Crippen MR) is 97.3 cm³/mol. The highest BCUT2D eigenvalue weighted by Crippen LogP contribution is 2.32. The fraction of sp³-hybridized carbons (Fsp3) is 0.588. The summed E-state index contributed by atoms with van der Waals surface area (Å²) >= 11 is 2.19. The van der Waals surface area contributed by atoms with Gasteiger partial charge in [-0.3, -0.25) is 9.69 Å². The zero-order chi connectivity index (χ0) is 16.4. The van der Waals surface area contributed by atoms with E-state index in [-0.39, 0.29) is 5.91 Å². The van der Waals surface area contributed by atoms with Gasteiger partial charge >= 0.3 is 0 Å². The number of benzene rings is 1. The molecule has 3 rings (SSSR count). The van der Waals surface area contributed by atoms with Crippen LogP contribution in [-0.2, 0) is 0 Å². The van der Waals surface area contributed by atoms with Gasteiger partial charge in [0.2, 0.25) is 0 Å². The normalized spacial score (nSPS) is 18.8. The minimum absolute atomic E-state index is 0.0847. The summed E-state index contributed by atoms with van der Waals surface area (Å²) in [7, 11) is 3.20. The fourth-order valence-electron chi connectivity index (χ4n) is 2.99. The highest BCUT2D eigenvalue weighted by molar-refractivity contribution is 14.1. The SMILES string of the molecule is COc1cc(I)c(C(=O)N2CCN(CC3CC3)CC2)cc1OC. The molecule has 0 aromatic heterocycles. The van der Waals surface area contributed by atoms with Crippen LogP contribution in [0.1, 0.15) is 23.2 Å². The molecule has 2 aliphatic rings. The van der Waals surface area contributed by atoms with Crippen LogP contribution < -0.4 is 9.47 Å². The van der Waals surface area contributed by atoms with Crippen LogP contribution in [0.5, 0.6) is 11.5 Å². The molecule has 6 heteroatoms. The maximum Gasteiger partial charge on any atom is 0.255 e. The van der Waals surface area contributed by atoms with Crippen molar-refractivity contribution in [2.24, 2.45) is 5.92 Å². The summed E-state index contributed by atoms with van der Waals surface area (Å²) in [5, 5.41) is 0. The molecule has 0 atom stereocenters. The Bertz CT molecular complexity index is 581. The second-order valence-corrected chi connectivity index (χ2v) is 7.39. The van der Waals surface area contributed by atoms with Gasteiger partial charge in [-0.1, -0.05) is 0 Å². The molecule has 0 bridgehead atoms. The summed E-state index contributed by atoms with van der Waals surface area (Å²) in [6, 6.07) is 3.65. The van der Waals surface area contributed by atoms with Crippen LogP contribution in [0.15, 0.2) is 12.1 Å². The topological polar surface area (TPSA) is 42.0 Å². The van der Waals surface area contributed by atoms with E-state index in [2.05, 4.69) is 27.5 Å². The number of methoxy groups -OCH3 is 2. The number of halogens is 1. The van der Waals surface area contributed by atoms with Crippen molar-refractivity contribution >= 4 is 28.5 Å². The third kappa shape index (κ3) is 3.91. The quantitative estimate of drug-likeness (QED) is 0.674. The van der Waals surface area contributed by atoms with E-state index >= 15 is 0 Å². The maximum absolute atomic E-state index is 12.8. The number of nitrogens with zero attached hydrogens (tertiary/aromatic N) is 2. The second kappa shape index (κ2) is 7.25. The Balaban J connectivity index is 1.68. The van der Waals surface area contributed by atoms with Crippen molar-refractivity contribution in [2.75, 3.05) is 46.9 Å². The van der Waals surface area contributed by atoms with Gasteiger partial charge in [0.15, 0.2) is 11.5 Å². The zero-order valence-electron chi connectivity index (χ0n) is 13.7. The Hall–Kier alpha value is -1.02. The monoisotopic (exact) mass is 430 g/mol. The minimum Gasteiger partial charge on any atom is -0.493 e. The lowest BCUT2D eigenvalue weighted by atomic mass is 10.1. The van der Waals surface area contributed by atoms with E-state index < -0.39 is 0 Å². The van der Waals surface area contributed by atoms with Crippen LogP contribution in [0.4, 0.5) is 0 Å². The van der Waals surface area contributed by atoms with Crippen LogP contribution in [0, 0.1) is 9.49 Å². The van der Waals surface area contributed by atoms with Crippen molar-refractivity contribution in [1.29, 1.82) is 0 Å². The highest BCUT2D eigenvalue weighted by atomic mass is 127. The Morgan fingerprint density at radius 2 is 1.74 bits per heavy atom. The molecule has 1 saturated carbocycles. The lowest BCUT2D eigenvalue weighted by molar-refractivity contribution is 0.0630. The highest BCUT2D eigenvalue weighted by Gasteiger charge is 2.28. The molecular weight excluding hydrogens is 407 g/mol. The standard InChI is InChI=1S/C17H23IN2O3/c1-22-15-9-13(14(18)10-16(15)23-2)17(21)20-7-5-19(6-8-20)11-12-3-4-12/h9-10,12H,3-8,11H2,1-2H3. The van der Waals surface area contributed by atoms with E-state index in [0.717, 1.165) is 35.7 Å². The van der Waals surface area contributed by atoms with Crippen molar-refractivity contribution in [1.82, 2.24) is 9.80 Å². The number of carbonyl (C=O) groups excluding carboxylic acids is 1. The number of hydrogen-bond acceptors (Lipinski definition) is 4. The first-order chi connectivity index (χ1) is 11.1. The third-order valence-corrected chi connectivity index (χ3v) is 5.47. The van der Waals surface area contributed by atoms with Gasteiger partial charge in [0, 0.05) is 36.3 Å². The van der Waals surface area contributed by atoms with E-state index in [4.69, 9.17) is 9.47 Å². The Morgan fingerprint density at radius 3 is 2.30 bits per heavy atom. The Kier molecular flexibility index (Phi) is 5.31. The number of carbonyl (C=O) groups is 1. The molecule has 1 aliphatic heterocycles. The first-order valence-corrected chi connectivity index (χ1v) is 9.13. The third-order valence-electron chi connectivity index (χ3n) is 4.58. The first-order valence-electron chi connectivity index (χ1n) is 8.05. The van der Waals surface area contributed by atoms with Gasteiger partial charge < -0.3 is 14.4 Å².